The van der Waals surface area contributed by atoms with Gasteiger partial charge in [0, 0.05) is 23.5 Å². The number of Topliss-reactive ketones (excluding diaryl/α,β-unsaturated/α-hetero) is 1. The molecule has 1 rings (SSSR count). The van der Waals surface area contributed by atoms with Crippen LogP contribution in [0.3, 0.4) is 0 Å². The molecule has 0 bridgehead atoms. The Morgan fingerprint density at radius 3 is 1.65 bits per heavy atom. The van der Waals surface area contributed by atoms with Crippen LogP contribution in [0, 0.1) is 5.92 Å². The number of hydrogen-bond donors (Lipinski definition) is 0. The summed E-state index contributed by atoms with van der Waals surface area (Å²) in [5, 5.41) is 0. The van der Waals surface area contributed by atoms with E-state index in [1.165, 1.54) is 0 Å². The minimum atomic E-state index is -0.474. The Kier molecular flexibility index (Phi) is 5.12. The molecule has 0 aliphatic carbocycles. The molecule has 0 spiro atoms. The first-order valence-corrected chi connectivity index (χ1v) is 7.60. The minimum Gasteiger partial charge on any atom is -0.298 e. The predicted octanol–water partition coefficient (Wildman–Crippen LogP) is 5.31. The first kappa shape index (κ1) is 16.9. The summed E-state index contributed by atoms with van der Waals surface area (Å²) in [6.45, 7) is 16.4. The van der Waals surface area contributed by atoms with E-state index in [0.29, 0.717) is 11.8 Å². The Morgan fingerprint density at radius 1 is 0.950 bits per heavy atom. The molecule has 1 heterocycles. The van der Waals surface area contributed by atoms with Crippen LogP contribution >= 0.6 is 0 Å². The van der Waals surface area contributed by atoms with E-state index in [1.54, 1.807) is 0 Å². The van der Waals surface area contributed by atoms with E-state index in [0.717, 1.165) is 17.1 Å². The molecule has 0 radical (unpaired) electrons. The molecule has 1 aromatic heterocycles. The van der Waals surface area contributed by atoms with E-state index in [2.05, 4.69) is 39.8 Å². The molecule has 0 aliphatic heterocycles. The first-order valence-electron chi connectivity index (χ1n) is 7.60. The third-order valence-electron chi connectivity index (χ3n) is 3.83. The van der Waals surface area contributed by atoms with Gasteiger partial charge < -0.3 is 0 Å². The van der Waals surface area contributed by atoms with Gasteiger partial charge in [-0.1, -0.05) is 41.5 Å². The highest BCUT2D eigenvalue weighted by Gasteiger charge is 2.35. The van der Waals surface area contributed by atoms with Gasteiger partial charge >= 0.3 is 11.5 Å². The number of carbonyl (C=O) groups is 1. The summed E-state index contributed by atoms with van der Waals surface area (Å²) >= 11 is 0. The first-order chi connectivity index (χ1) is 9.07. The quantitative estimate of drug-likeness (QED) is 0.682. The molecule has 0 amide bonds. The van der Waals surface area contributed by atoms with Crippen molar-refractivity contribution in [2.24, 2.45) is 5.92 Å². The third kappa shape index (κ3) is 3.47. The molecule has 0 aromatic carbocycles. The van der Waals surface area contributed by atoms with Gasteiger partial charge in [0.25, 0.3) is 0 Å². The fraction of sp³-hybridized carbons (Fsp3) is 0.667. The van der Waals surface area contributed by atoms with Crippen LogP contribution in [0.5, 0.6) is 0 Å². The molecule has 0 N–H and O–H groups in total. The molecule has 0 saturated heterocycles. The smallest absolute Gasteiger partial charge is 0.298 e. The Labute approximate surface area is 123 Å². The van der Waals surface area contributed by atoms with Crippen molar-refractivity contribution in [2.45, 2.75) is 72.6 Å². The van der Waals surface area contributed by atoms with Crippen LogP contribution in [0.1, 0.15) is 84.3 Å². The zero-order chi connectivity index (χ0) is 15.7. The summed E-state index contributed by atoms with van der Waals surface area (Å²) in [4.78, 5) is 12.5. The molecular weight excluding hydrogens is 248 g/mol. The van der Waals surface area contributed by atoms with Crippen LogP contribution in [0.25, 0.3) is 0 Å². The fourth-order valence-electron chi connectivity index (χ4n) is 2.34. The van der Waals surface area contributed by atoms with Crippen LogP contribution in [-0.4, -0.2) is 5.78 Å². The summed E-state index contributed by atoms with van der Waals surface area (Å²) in [5.41, 5.74) is 0.591. The summed E-state index contributed by atoms with van der Waals surface area (Å²) < 4.78 is 5.96. The molecule has 0 unspecified atom stereocenters. The van der Waals surface area contributed by atoms with Crippen molar-refractivity contribution >= 4 is 5.78 Å². The standard InChI is InChI=1S/C18H29O2/c1-11(2)15-9-14(10-16(20-15)12(3)4)18(7,8)17(19)13(5)6/h9-13H,1-8H3/q+1. The summed E-state index contributed by atoms with van der Waals surface area (Å²) in [6.07, 6.45) is 0. The third-order valence-corrected chi connectivity index (χ3v) is 3.83. The second-order valence-electron chi connectivity index (χ2n) is 7.10. The Morgan fingerprint density at radius 2 is 1.35 bits per heavy atom. The van der Waals surface area contributed by atoms with Gasteiger partial charge in [-0.3, -0.25) is 4.79 Å². The molecule has 1 aromatic rings. The summed E-state index contributed by atoms with van der Waals surface area (Å²) in [6, 6.07) is 4.10. The van der Waals surface area contributed by atoms with Crippen molar-refractivity contribution in [1.82, 2.24) is 0 Å². The van der Waals surface area contributed by atoms with E-state index in [4.69, 9.17) is 4.42 Å². The molecule has 2 nitrogen and oxygen atoms in total. The van der Waals surface area contributed by atoms with Crippen molar-refractivity contribution in [3.63, 3.8) is 0 Å². The normalized spacial score (nSPS) is 12.6. The topological polar surface area (TPSA) is 28.4 Å². The lowest BCUT2D eigenvalue weighted by Crippen LogP contribution is -2.33. The van der Waals surface area contributed by atoms with E-state index in [9.17, 15) is 4.79 Å². The molecular formula is C18H29O2+. The predicted molar refractivity (Wildman–Crippen MR) is 84.2 cm³/mol. The minimum absolute atomic E-state index is 0.0344. The second-order valence-corrected chi connectivity index (χ2v) is 7.10. The zero-order valence-corrected chi connectivity index (χ0v) is 14.2. The van der Waals surface area contributed by atoms with E-state index in [1.807, 2.05) is 27.7 Å². The van der Waals surface area contributed by atoms with Gasteiger partial charge in [0.2, 0.25) is 0 Å². The number of ketones is 1. The molecule has 0 fully saturated rings. The number of rotatable bonds is 5. The van der Waals surface area contributed by atoms with Crippen LogP contribution in [0.2, 0.25) is 0 Å². The van der Waals surface area contributed by atoms with Crippen LogP contribution in [0.15, 0.2) is 16.5 Å². The van der Waals surface area contributed by atoms with E-state index in [-0.39, 0.29) is 11.7 Å². The van der Waals surface area contributed by atoms with Gasteiger partial charge in [0.05, 0.1) is 11.8 Å². The van der Waals surface area contributed by atoms with E-state index >= 15 is 0 Å². The van der Waals surface area contributed by atoms with Crippen molar-refractivity contribution in [1.29, 1.82) is 0 Å². The largest absolute Gasteiger partial charge is 0.332 e. The average molecular weight is 277 g/mol. The van der Waals surface area contributed by atoms with Crippen molar-refractivity contribution < 1.29 is 9.21 Å². The summed E-state index contributed by atoms with van der Waals surface area (Å²) in [7, 11) is 0. The lowest BCUT2D eigenvalue weighted by molar-refractivity contribution is -0.126. The maximum Gasteiger partial charge on any atom is 0.332 e. The van der Waals surface area contributed by atoms with Crippen LogP contribution in [0.4, 0.5) is 0 Å². The lowest BCUT2D eigenvalue weighted by Gasteiger charge is -2.25. The van der Waals surface area contributed by atoms with Gasteiger partial charge in [-0.05, 0) is 19.4 Å². The number of hydrogen-bond acceptors (Lipinski definition) is 1. The molecule has 0 saturated carbocycles. The lowest BCUT2D eigenvalue weighted by atomic mass is 9.76. The highest BCUT2D eigenvalue weighted by Crippen LogP contribution is 2.32. The maximum absolute atomic E-state index is 12.5. The molecule has 20 heavy (non-hydrogen) atoms. The van der Waals surface area contributed by atoms with Crippen LogP contribution < -0.4 is 0 Å². The Bertz CT molecular complexity index is 456. The van der Waals surface area contributed by atoms with Gasteiger partial charge in [0.1, 0.15) is 5.78 Å². The molecule has 112 valence electrons. The van der Waals surface area contributed by atoms with Crippen molar-refractivity contribution in [3.05, 3.63) is 29.2 Å². The highest BCUT2D eigenvalue weighted by molar-refractivity contribution is 5.90. The van der Waals surface area contributed by atoms with Crippen molar-refractivity contribution in [2.75, 3.05) is 0 Å². The zero-order valence-electron chi connectivity index (χ0n) is 14.2. The average Bonchev–Trinajstić information content (AvgIpc) is 2.36. The molecule has 0 aliphatic rings. The molecule has 2 heteroatoms. The number of carbonyl (C=O) groups excluding carboxylic acids is 1. The fourth-order valence-corrected chi connectivity index (χ4v) is 2.34. The van der Waals surface area contributed by atoms with Crippen LogP contribution in [-0.2, 0) is 10.2 Å². The van der Waals surface area contributed by atoms with Gasteiger partial charge in [-0.2, -0.15) is 0 Å². The van der Waals surface area contributed by atoms with Crippen molar-refractivity contribution in [3.8, 4) is 0 Å². The summed E-state index contributed by atoms with van der Waals surface area (Å²) in [5.74, 6) is 2.85. The van der Waals surface area contributed by atoms with Gasteiger partial charge in [-0.15, -0.1) is 0 Å². The Balaban J connectivity index is 3.40. The highest BCUT2D eigenvalue weighted by atomic mass is 16.3. The monoisotopic (exact) mass is 277 g/mol. The van der Waals surface area contributed by atoms with Gasteiger partial charge in [-0.25, -0.2) is 4.42 Å². The SMILES string of the molecule is CC(C)C(=O)C(C)(C)c1cc(C(C)C)[o+]c(C(C)C)c1. The van der Waals surface area contributed by atoms with Gasteiger partial charge in [0.15, 0.2) is 0 Å². The van der Waals surface area contributed by atoms with E-state index < -0.39 is 5.41 Å². The molecule has 0 atom stereocenters. The Hall–Kier alpha value is -1.18. The maximum atomic E-state index is 12.5. The second kappa shape index (κ2) is 6.07.